The zero-order valence-corrected chi connectivity index (χ0v) is 12.7. The van der Waals surface area contributed by atoms with Crippen LogP contribution < -0.4 is 5.32 Å². The summed E-state index contributed by atoms with van der Waals surface area (Å²) in [7, 11) is 1.97. The first kappa shape index (κ1) is 14.5. The highest BCUT2D eigenvalue weighted by molar-refractivity contribution is 5.91. The molecule has 3 rings (SSSR count). The number of amides is 1. The lowest BCUT2D eigenvalue weighted by atomic mass is 9.93. The van der Waals surface area contributed by atoms with Gasteiger partial charge in [0.25, 0.3) is 0 Å². The van der Waals surface area contributed by atoms with Gasteiger partial charge in [0.2, 0.25) is 5.91 Å². The Balaban J connectivity index is 1.58. The minimum Gasteiger partial charge on any atom is -0.391 e. The molecule has 6 nitrogen and oxygen atoms in total. The number of rotatable bonds is 4. The van der Waals surface area contributed by atoms with Crippen molar-refractivity contribution in [3.8, 4) is 0 Å². The molecule has 2 heterocycles. The zero-order valence-electron chi connectivity index (χ0n) is 12.7. The molecule has 2 N–H and O–H groups in total. The van der Waals surface area contributed by atoms with Crippen LogP contribution >= 0.6 is 0 Å². The fourth-order valence-corrected chi connectivity index (χ4v) is 3.15. The van der Waals surface area contributed by atoms with Gasteiger partial charge in [0.05, 0.1) is 23.5 Å². The lowest BCUT2D eigenvalue weighted by molar-refractivity contribution is -0.117. The van der Waals surface area contributed by atoms with Crippen molar-refractivity contribution in [1.82, 2.24) is 14.7 Å². The van der Waals surface area contributed by atoms with Crippen molar-refractivity contribution in [2.24, 2.45) is 5.92 Å². The van der Waals surface area contributed by atoms with Crippen LogP contribution in [0.3, 0.4) is 0 Å². The van der Waals surface area contributed by atoms with Crippen molar-refractivity contribution in [3.63, 3.8) is 0 Å². The van der Waals surface area contributed by atoms with Crippen molar-refractivity contribution >= 4 is 11.6 Å². The molecule has 1 aliphatic heterocycles. The lowest BCUT2D eigenvalue weighted by Gasteiger charge is -2.25. The van der Waals surface area contributed by atoms with Crippen LogP contribution in [0.15, 0.2) is 6.20 Å². The number of aromatic nitrogens is 2. The third kappa shape index (κ3) is 3.11. The Labute approximate surface area is 125 Å². The van der Waals surface area contributed by atoms with Crippen LogP contribution in [0.2, 0.25) is 0 Å². The van der Waals surface area contributed by atoms with Gasteiger partial charge in [-0.05, 0) is 33.2 Å². The maximum atomic E-state index is 12.2. The largest absolute Gasteiger partial charge is 0.391 e. The smallest absolute Gasteiger partial charge is 0.224 e. The second kappa shape index (κ2) is 5.77. The molecule has 0 aromatic carbocycles. The van der Waals surface area contributed by atoms with Crippen LogP contribution in [0.25, 0.3) is 0 Å². The van der Waals surface area contributed by atoms with E-state index in [-0.39, 0.29) is 11.8 Å². The van der Waals surface area contributed by atoms with E-state index in [2.05, 4.69) is 15.3 Å². The molecule has 6 heteroatoms. The number of nitrogens with zero attached hydrogens (tertiary/aromatic N) is 3. The average Bonchev–Trinajstić information content (AvgIpc) is 2.81. The van der Waals surface area contributed by atoms with E-state index in [1.165, 1.54) is 19.3 Å². The fourth-order valence-electron chi connectivity index (χ4n) is 3.15. The van der Waals surface area contributed by atoms with Gasteiger partial charge in [0.15, 0.2) is 0 Å². The summed E-state index contributed by atoms with van der Waals surface area (Å²) in [5.74, 6) is -0.0115. The van der Waals surface area contributed by atoms with Crippen LogP contribution in [0.4, 0.5) is 5.69 Å². The standard InChI is InChI=1S/C15H24N4O2/c1-10-13(8-19(17-10)12-4-3-5-12)16-15(21)6-11-7-18(2)9-14(11)20/h8,11-12,14,20H,3-7,9H2,1-2H3,(H,16,21)/t11-,14-/m1/s1. The number of carbonyl (C=O) groups is 1. The molecule has 1 aromatic heterocycles. The molecule has 1 aliphatic carbocycles. The molecule has 0 radical (unpaired) electrons. The van der Waals surface area contributed by atoms with E-state index in [9.17, 15) is 9.90 Å². The highest BCUT2D eigenvalue weighted by Crippen LogP contribution is 2.32. The van der Waals surface area contributed by atoms with Gasteiger partial charge >= 0.3 is 0 Å². The summed E-state index contributed by atoms with van der Waals surface area (Å²) in [6.07, 6.45) is 5.51. The van der Waals surface area contributed by atoms with Crippen LogP contribution in [0, 0.1) is 12.8 Å². The summed E-state index contributed by atoms with van der Waals surface area (Å²) in [4.78, 5) is 14.2. The Morgan fingerprint density at radius 3 is 2.81 bits per heavy atom. The molecule has 21 heavy (non-hydrogen) atoms. The predicted octanol–water partition coefficient (Wildman–Crippen LogP) is 1.17. The molecular formula is C15H24N4O2. The summed E-state index contributed by atoms with van der Waals surface area (Å²) in [6, 6.07) is 0.500. The Hall–Kier alpha value is -1.40. The maximum absolute atomic E-state index is 12.2. The quantitative estimate of drug-likeness (QED) is 0.874. The van der Waals surface area contributed by atoms with E-state index in [1.54, 1.807) is 0 Å². The molecule has 116 valence electrons. The van der Waals surface area contributed by atoms with Gasteiger partial charge in [0.1, 0.15) is 0 Å². The molecule has 1 aromatic rings. The Morgan fingerprint density at radius 1 is 1.48 bits per heavy atom. The summed E-state index contributed by atoms with van der Waals surface area (Å²) in [5.41, 5.74) is 1.66. The Kier molecular flexibility index (Phi) is 3.99. The molecule has 2 fully saturated rings. The van der Waals surface area contributed by atoms with Gasteiger partial charge in [-0.1, -0.05) is 0 Å². The third-order valence-electron chi connectivity index (χ3n) is 4.68. The molecule has 1 amide bonds. The number of anilines is 1. The molecule has 0 unspecified atom stereocenters. The second-order valence-electron chi connectivity index (χ2n) is 6.49. The van der Waals surface area contributed by atoms with Gasteiger partial charge in [0, 0.05) is 31.6 Å². The van der Waals surface area contributed by atoms with Crippen LogP contribution in [0.1, 0.15) is 37.4 Å². The Morgan fingerprint density at radius 2 is 2.24 bits per heavy atom. The van der Waals surface area contributed by atoms with E-state index >= 15 is 0 Å². The number of likely N-dealkylation sites (tertiary alicyclic amines) is 1. The monoisotopic (exact) mass is 292 g/mol. The molecule has 2 atom stereocenters. The molecule has 2 aliphatic rings. The lowest BCUT2D eigenvalue weighted by Crippen LogP contribution is -2.24. The fraction of sp³-hybridized carbons (Fsp3) is 0.733. The topological polar surface area (TPSA) is 70.4 Å². The normalized spacial score (nSPS) is 26.8. The minimum atomic E-state index is -0.403. The van der Waals surface area contributed by atoms with Gasteiger partial charge < -0.3 is 15.3 Å². The van der Waals surface area contributed by atoms with Crippen molar-refractivity contribution in [2.45, 2.75) is 44.8 Å². The summed E-state index contributed by atoms with van der Waals surface area (Å²) in [6.45, 7) is 3.34. The number of aryl methyl sites for hydroxylation is 1. The highest BCUT2D eigenvalue weighted by Gasteiger charge is 2.31. The Bertz CT molecular complexity index is 524. The number of aliphatic hydroxyl groups is 1. The van der Waals surface area contributed by atoms with E-state index < -0.39 is 6.10 Å². The first-order chi connectivity index (χ1) is 10.0. The summed E-state index contributed by atoms with van der Waals surface area (Å²) >= 11 is 0. The summed E-state index contributed by atoms with van der Waals surface area (Å²) < 4.78 is 1.98. The van der Waals surface area contributed by atoms with E-state index in [0.29, 0.717) is 19.0 Å². The number of hydrogen-bond donors (Lipinski definition) is 2. The van der Waals surface area contributed by atoms with Gasteiger partial charge in [-0.25, -0.2) is 0 Å². The van der Waals surface area contributed by atoms with Crippen LogP contribution in [-0.2, 0) is 4.79 Å². The van der Waals surface area contributed by atoms with Gasteiger partial charge in [-0.2, -0.15) is 5.10 Å². The third-order valence-corrected chi connectivity index (χ3v) is 4.68. The first-order valence-electron chi connectivity index (χ1n) is 7.75. The van der Waals surface area contributed by atoms with Crippen LogP contribution in [-0.4, -0.2) is 51.9 Å². The van der Waals surface area contributed by atoms with Gasteiger partial charge in [-0.3, -0.25) is 9.48 Å². The molecule has 0 spiro atoms. The van der Waals surface area contributed by atoms with Crippen molar-refractivity contribution < 1.29 is 9.90 Å². The van der Waals surface area contributed by atoms with E-state index in [4.69, 9.17) is 0 Å². The van der Waals surface area contributed by atoms with E-state index in [1.807, 2.05) is 24.9 Å². The molecule has 1 saturated carbocycles. The zero-order chi connectivity index (χ0) is 15.0. The first-order valence-corrected chi connectivity index (χ1v) is 7.75. The second-order valence-corrected chi connectivity index (χ2v) is 6.49. The molecule has 1 saturated heterocycles. The van der Waals surface area contributed by atoms with E-state index in [0.717, 1.165) is 17.9 Å². The maximum Gasteiger partial charge on any atom is 0.224 e. The SMILES string of the molecule is Cc1nn(C2CCC2)cc1NC(=O)C[C@@H]1CN(C)C[C@H]1O. The number of β-amino-alcohol motifs (C(OH)–C–C–N with tert-alkyl or cyclic N) is 1. The van der Waals surface area contributed by atoms with Crippen molar-refractivity contribution in [2.75, 3.05) is 25.5 Å². The van der Waals surface area contributed by atoms with Crippen molar-refractivity contribution in [3.05, 3.63) is 11.9 Å². The molecule has 0 bridgehead atoms. The number of nitrogens with one attached hydrogen (secondary N) is 1. The van der Waals surface area contributed by atoms with Gasteiger partial charge in [-0.15, -0.1) is 0 Å². The number of hydrogen-bond acceptors (Lipinski definition) is 4. The summed E-state index contributed by atoms with van der Waals surface area (Å²) in [5, 5.41) is 17.3. The molecular weight excluding hydrogens is 268 g/mol. The minimum absolute atomic E-state index is 0.0250. The number of likely N-dealkylation sites (N-methyl/N-ethyl adjacent to an activating group) is 1. The van der Waals surface area contributed by atoms with Crippen molar-refractivity contribution in [1.29, 1.82) is 0 Å². The average molecular weight is 292 g/mol. The predicted molar refractivity (Wildman–Crippen MR) is 80.1 cm³/mol. The number of carbonyl (C=O) groups excluding carboxylic acids is 1. The number of aliphatic hydroxyl groups excluding tert-OH is 1. The van der Waals surface area contributed by atoms with Crippen LogP contribution in [0.5, 0.6) is 0 Å². The highest BCUT2D eigenvalue weighted by atomic mass is 16.3.